The first-order valence-corrected chi connectivity index (χ1v) is 9.80. The molecule has 3 heterocycles. The zero-order chi connectivity index (χ0) is 17.4. The minimum absolute atomic E-state index is 0.706. The highest BCUT2D eigenvalue weighted by Gasteiger charge is 2.27. The van der Waals surface area contributed by atoms with Gasteiger partial charge in [0.15, 0.2) is 5.82 Å². The third-order valence-corrected chi connectivity index (χ3v) is 6.12. The molecule has 0 fully saturated rings. The molecule has 4 rings (SSSR count). The number of fused-ring (bicyclic) bond motifs is 3. The smallest absolute Gasteiger partial charge is 0.162 e. The summed E-state index contributed by atoms with van der Waals surface area (Å²) in [6.07, 6.45) is 3.96. The van der Waals surface area contributed by atoms with Gasteiger partial charge >= 0.3 is 0 Å². The Balaban J connectivity index is 1.68. The molecule has 0 spiro atoms. The van der Waals surface area contributed by atoms with Gasteiger partial charge in [-0.3, -0.25) is 0 Å². The molecule has 0 bridgehead atoms. The molecule has 1 aliphatic heterocycles. The minimum atomic E-state index is 0.706. The van der Waals surface area contributed by atoms with Crippen LogP contribution >= 0.6 is 22.9 Å². The van der Waals surface area contributed by atoms with E-state index in [0.29, 0.717) is 12.6 Å². The number of thiophene rings is 1. The van der Waals surface area contributed by atoms with E-state index in [1.54, 1.807) is 6.33 Å². The lowest BCUT2D eigenvalue weighted by atomic mass is 10.1. The van der Waals surface area contributed by atoms with Crippen molar-refractivity contribution in [3.05, 3.63) is 52.1 Å². The molecule has 0 saturated heterocycles. The van der Waals surface area contributed by atoms with E-state index in [-0.39, 0.29) is 0 Å². The number of aryl methyl sites for hydroxylation is 1. The maximum atomic E-state index is 6.38. The standard InChI is InChI=1S/C19H21ClN4S/c1-13(2)7-8-15-9-16-18-21-11-22-24(18)12-23(19(16)25-15)10-14-5-3-4-6-17(14)20/h3-6,9,11,13H,7-8,10,12H2,1-2H3. The highest BCUT2D eigenvalue weighted by Crippen LogP contribution is 2.42. The Morgan fingerprint density at radius 2 is 2.12 bits per heavy atom. The van der Waals surface area contributed by atoms with Gasteiger partial charge in [0, 0.05) is 16.4 Å². The first-order chi connectivity index (χ1) is 12.1. The molecule has 1 aliphatic rings. The van der Waals surface area contributed by atoms with Gasteiger partial charge < -0.3 is 4.90 Å². The van der Waals surface area contributed by atoms with Gasteiger partial charge in [-0.15, -0.1) is 11.3 Å². The first-order valence-electron chi connectivity index (χ1n) is 8.61. The van der Waals surface area contributed by atoms with Gasteiger partial charge in [0.05, 0.1) is 5.56 Å². The summed E-state index contributed by atoms with van der Waals surface area (Å²) in [6, 6.07) is 10.3. The molecule has 1 aromatic carbocycles. The lowest BCUT2D eigenvalue weighted by molar-refractivity contribution is 0.572. The number of hydrogen-bond acceptors (Lipinski definition) is 4. The predicted octanol–water partition coefficient (Wildman–Crippen LogP) is 5.23. The average molecular weight is 373 g/mol. The second kappa shape index (κ2) is 6.81. The molecule has 4 nitrogen and oxygen atoms in total. The molecule has 25 heavy (non-hydrogen) atoms. The van der Waals surface area contributed by atoms with Crippen LogP contribution in [0.25, 0.3) is 11.4 Å². The summed E-state index contributed by atoms with van der Waals surface area (Å²) in [5.41, 5.74) is 2.33. The summed E-state index contributed by atoms with van der Waals surface area (Å²) in [4.78, 5) is 8.24. The maximum Gasteiger partial charge on any atom is 0.162 e. The summed E-state index contributed by atoms with van der Waals surface area (Å²) < 4.78 is 1.97. The number of halogens is 1. The van der Waals surface area contributed by atoms with E-state index in [1.807, 2.05) is 34.2 Å². The van der Waals surface area contributed by atoms with Gasteiger partial charge in [0.25, 0.3) is 0 Å². The van der Waals surface area contributed by atoms with Crippen molar-refractivity contribution in [1.82, 2.24) is 14.8 Å². The molecule has 0 atom stereocenters. The molecule has 3 aromatic rings. The van der Waals surface area contributed by atoms with Crippen LogP contribution in [-0.4, -0.2) is 14.8 Å². The molecular weight excluding hydrogens is 352 g/mol. The minimum Gasteiger partial charge on any atom is -0.339 e. The van der Waals surface area contributed by atoms with Crippen LogP contribution in [0.2, 0.25) is 5.02 Å². The van der Waals surface area contributed by atoms with Crippen molar-refractivity contribution < 1.29 is 0 Å². The first kappa shape index (κ1) is 16.6. The molecule has 130 valence electrons. The predicted molar refractivity (Wildman–Crippen MR) is 104 cm³/mol. The lowest BCUT2D eigenvalue weighted by Crippen LogP contribution is -2.29. The second-order valence-corrected chi connectivity index (χ2v) is 8.40. The molecular formula is C19H21ClN4S. The van der Waals surface area contributed by atoms with Crippen molar-refractivity contribution in [2.24, 2.45) is 5.92 Å². The SMILES string of the molecule is CC(C)CCc1cc2c(s1)N(Cc1ccccc1Cl)Cn1ncnc1-2. The molecule has 0 radical (unpaired) electrons. The van der Waals surface area contributed by atoms with Crippen molar-refractivity contribution in [3.8, 4) is 11.4 Å². The fourth-order valence-corrected chi connectivity index (χ4v) is 4.49. The molecule has 0 unspecified atom stereocenters. The van der Waals surface area contributed by atoms with Crippen molar-refractivity contribution >= 4 is 27.9 Å². The summed E-state index contributed by atoms with van der Waals surface area (Å²) in [5, 5.41) is 6.48. The highest BCUT2D eigenvalue weighted by molar-refractivity contribution is 7.16. The third-order valence-electron chi connectivity index (χ3n) is 4.50. The summed E-state index contributed by atoms with van der Waals surface area (Å²) in [7, 11) is 0. The number of nitrogens with zero attached hydrogens (tertiary/aromatic N) is 4. The number of aromatic nitrogens is 3. The number of benzene rings is 1. The van der Waals surface area contributed by atoms with Gasteiger partial charge in [-0.1, -0.05) is 43.6 Å². The molecule has 6 heteroatoms. The Hall–Kier alpha value is -1.85. The van der Waals surface area contributed by atoms with E-state index in [9.17, 15) is 0 Å². The van der Waals surface area contributed by atoms with Crippen LogP contribution in [0, 0.1) is 5.92 Å². The van der Waals surface area contributed by atoms with Crippen molar-refractivity contribution in [2.75, 3.05) is 4.90 Å². The van der Waals surface area contributed by atoms with Gasteiger partial charge in [-0.2, -0.15) is 5.10 Å². The zero-order valence-corrected chi connectivity index (χ0v) is 16.0. The van der Waals surface area contributed by atoms with E-state index in [2.05, 4.69) is 41.0 Å². The van der Waals surface area contributed by atoms with E-state index < -0.39 is 0 Å². The molecule has 0 aliphatic carbocycles. The monoisotopic (exact) mass is 372 g/mol. The number of hydrogen-bond donors (Lipinski definition) is 0. The van der Waals surface area contributed by atoms with Crippen molar-refractivity contribution in [2.45, 2.75) is 39.9 Å². The lowest BCUT2D eigenvalue weighted by Gasteiger charge is -2.29. The maximum absolute atomic E-state index is 6.38. The molecule has 0 saturated carbocycles. The number of rotatable bonds is 5. The van der Waals surface area contributed by atoms with Crippen molar-refractivity contribution in [3.63, 3.8) is 0 Å². The van der Waals surface area contributed by atoms with Crippen LogP contribution in [-0.2, 0) is 19.6 Å². The van der Waals surface area contributed by atoms with Gasteiger partial charge in [0.2, 0.25) is 0 Å². The third kappa shape index (κ3) is 3.31. The average Bonchev–Trinajstić information content (AvgIpc) is 3.21. The quantitative estimate of drug-likeness (QED) is 0.615. The van der Waals surface area contributed by atoms with Gasteiger partial charge in [-0.25, -0.2) is 9.67 Å². The van der Waals surface area contributed by atoms with Crippen LogP contribution in [0.15, 0.2) is 36.7 Å². The summed E-state index contributed by atoms with van der Waals surface area (Å²) in [6.45, 7) is 6.02. The fraction of sp³-hybridized carbons (Fsp3) is 0.368. The Morgan fingerprint density at radius 1 is 1.28 bits per heavy atom. The van der Waals surface area contributed by atoms with Crippen molar-refractivity contribution in [1.29, 1.82) is 0 Å². The van der Waals surface area contributed by atoms with E-state index >= 15 is 0 Å². The summed E-state index contributed by atoms with van der Waals surface area (Å²) >= 11 is 8.26. The van der Waals surface area contributed by atoms with Crippen LogP contribution in [0.5, 0.6) is 0 Å². The summed E-state index contributed by atoms with van der Waals surface area (Å²) in [5.74, 6) is 1.68. The zero-order valence-electron chi connectivity index (χ0n) is 14.4. The Bertz CT molecular complexity index is 883. The topological polar surface area (TPSA) is 34.0 Å². The molecule has 0 N–H and O–H groups in total. The highest BCUT2D eigenvalue weighted by atomic mass is 35.5. The van der Waals surface area contributed by atoms with Crippen LogP contribution in [0.4, 0.5) is 5.00 Å². The molecule has 2 aromatic heterocycles. The Labute approximate surface area is 157 Å². The van der Waals surface area contributed by atoms with E-state index in [0.717, 1.165) is 29.4 Å². The van der Waals surface area contributed by atoms with E-state index in [4.69, 9.17) is 11.6 Å². The Kier molecular flexibility index (Phi) is 4.52. The molecule has 0 amide bonds. The van der Waals surface area contributed by atoms with Crippen LogP contribution in [0.1, 0.15) is 30.7 Å². The largest absolute Gasteiger partial charge is 0.339 e. The normalized spacial score (nSPS) is 13.2. The van der Waals surface area contributed by atoms with E-state index in [1.165, 1.54) is 21.9 Å². The van der Waals surface area contributed by atoms with Gasteiger partial charge in [-0.05, 0) is 36.5 Å². The fourth-order valence-electron chi connectivity index (χ4n) is 3.14. The van der Waals surface area contributed by atoms with Crippen LogP contribution < -0.4 is 4.90 Å². The second-order valence-electron chi connectivity index (χ2n) is 6.88. The Morgan fingerprint density at radius 3 is 2.92 bits per heavy atom. The van der Waals surface area contributed by atoms with Crippen LogP contribution in [0.3, 0.4) is 0 Å². The number of anilines is 1. The van der Waals surface area contributed by atoms with Gasteiger partial charge in [0.1, 0.15) is 18.0 Å².